The van der Waals surface area contributed by atoms with Crippen molar-refractivity contribution in [1.29, 1.82) is 0 Å². The lowest BCUT2D eigenvalue weighted by Gasteiger charge is -2.21. The molecule has 1 N–H and O–H groups in total. The van der Waals surface area contributed by atoms with Gasteiger partial charge in [-0.25, -0.2) is 9.59 Å². The number of esters is 1. The zero-order chi connectivity index (χ0) is 11.4. The van der Waals surface area contributed by atoms with Gasteiger partial charge in [0.15, 0.2) is 0 Å². The number of hydrogen-bond donors (Lipinski definition) is 1. The first kappa shape index (κ1) is 12.7. The van der Waals surface area contributed by atoms with Gasteiger partial charge in [0, 0.05) is 0 Å². The van der Waals surface area contributed by atoms with Crippen molar-refractivity contribution in [3.05, 3.63) is 0 Å². The highest BCUT2D eigenvalue weighted by Gasteiger charge is 2.20. The first-order valence-electron chi connectivity index (χ1n) is 4.33. The molecule has 0 aliphatic rings. The number of carbonyl (C=O) groups excluding carboxylic acids is 2. The summed E-state index contributed by atoms with van der Waals surface area (Å²) in [6.45, 7) is 6.76. The highest BCUT2D eigenvalue weighted by Crippen LogP contribution is 2.06. The molecule has 14 heavy (non-hydrogen) atoms. The molecule has 0 saturated carbocycles. The van der Waals surface area contributed by atoms with Crippen molar-refractivity contribution in [3.63, 3.8) is 0 Å². The third kappa shape index (κ3) is 5.40. The zero-order valence-corrected chi connectivity index (χ0v) is 9.21. The molecule has 0 saturated heterocycles. The van der Waals surface area contributed by atoms with E-state index >= 15 is 0 Å². The fraction of sp³-hybridized carbons (Fsp3) is 0.778. The van der Waals surface area contributed by atoms with E-state index in [0.29, 0.717) is 0 Å². The fourth-order valence-electron chi connectivity index (χ4n) is 0.720. The molecule has 0 fully saturated rings. The largest absolute Gasteiger partial charge is 0.467 e. The molecular weight excluding hydrogens is 186 g/mol. The molecule has 1 atom stereocenters. The van der Waals surface area contributed by atoms with Crippen molar-refractivity contribution in [1.82, 2.24) is 5.32 Å². The minimum absolute atomic E-state index is 0.504. The summed E-state index contributed by atoms with van der Waals surface area (Å²) in [6, 6.07) is -0.699. The quantitative estimate of drug-likeness (QED) is 0.682. The van der Waals surface area contributed by atoms with Crippen LogP contribution in [0.3, 0.4) is 0 Å². The summed E-state index contributed by atoms with van der Waals surface area (Å²) >= 11 is 0. The summed E-state index contributed by atoms with van der Waals surface area (Å²) in [4.78, 5) is 22.1. The minimum atomic E-state index is -0.699. The van der Waals surface area contributed by atoms with Gasteiger partial charge in [0.25, 0.3) is 0 Å². The van der Waals surface area contributed by atoms with Crippen LogP contribution in [0.25, 0.3) is 0 Å². The van der Waals surface area contributed by atoms with E-state index in [-0.39, 0.29) is 0 Å². The molecule has 0 heterocycles. The lowest BCUT2D eigenvalue weighted by Crippen LogP contribution is -2.42. The van der Waals surface area contributed by atoms with E-state index < -0.39 is 23.7 Å². The Bertz CT molecular complexity index is 219. The number of nitrogens with one attached hydrogen (secondary N) is 1. The lowest BCUT2D eigenvalue weighted by atomic mass is 10.2. The molecule has 1 amide bonds. The summed E-state index contributed by atoms with van der Waals surface area (Å²) < 4.78 is 9.38. The van der Waals surface area contributed by atoms with Crippen LogP contribution in [0.2, 0.25) is 0 Å². The summed E-state index contributed by atoms with van der Waals surface area (Å²) in [5.74, 6) is -0.504. The van der Waals surface area contributed by atoms with Gasteiger partial charge < -0.3 is 14.8 Å². The third-order valence-electron chi connectivity index (χ3n) is 1.29. The molecule has 1 unspecified atom stereocenters. The summed E-state index contributed by atoms with van der Waals surface area (Å²) in [7, 11) is 1.26. The van der Waals surface area contributed by atoms with Crippen LogP contribution < -0.4 is 5.32 Å². The highest BCUT2D eigenvalue weighted by molar-refractivity contribution is 5.80. The Labute approximate surface area is 83.8 Å². The van der Waals surface area contributed by atoms with Crippen LogP contribution >= 0.6 is 0 Å². The standard InChI is InChI=1S/C9H17NO4/c1-6(7(11)13-5)10-8(12)14-9(2,3)4/h6H,1-5H3,(H,10,12). The lowest BCUT2D eigenvalue weighted by molar-refractivity contribution is -0.142. The topological polar surface area (TPSA) is 64.6 Å². The molecule has 0 aromatic carbocycles. The van der Waals surface area contributed by atoms with Gasteiger partial charge in [-0.1, -0.05) is 0 Å². The van der Waals surface area contributed by atoms with Crippen LogP contribution in [0, 0.1) is 0 Å². The number of methoxy groups -OCH3 is 1. The predicted molar refractivity (Wildman–Crippen MR) is 50.8 cm³/mol. The number of ether oxygens (including phenoxy) is 2. The van der Waals surface area contributed by atoms with Crippen LogP contribution in [0.5, 0.6) is 0 Å². The molecule has 0 spiro atoms. The van der Waals surface area contributed by atoms with Crippen molar-refractivity contribution < 1.29 is 19.1 Å². The first-order chi connectivity index (χ1) is 6.26. The van der Waals surface area contributed by atoms with Gasteiger partial charge in [0.2, 0.25) is 0 Å². The molecule has 0 aromatic heterocycles. The molecule has 5 heteroatoms. The maximum Gasteiger partial charge on any atom is 0.408 e. The number of rotatable bonds is 2. The average Bonchev–Trinajstić information content (AvgIpc) is 1.99. The Balaban J connectivity index is 4.01. The Morgan fingerprint density at radius 3 is 2.14 bits per heavy atom. The van der Waals surface area contributed by atoms with E-state index in [2.05, 4.69) is 10.1 Å². The second-order valence-electron chi connectivity index (χ2n) is 3.89. The maximum absolute atomic E-state index is 11.1. The van der Waals surface area contributed by atoms with Crippen molar-refractivity contribution in [2.45, 2.75) is 39.3 Å². The van der Waals surface area contributed by atoms with Crippen LogP contribution in [0.1, 0.15) is 27.7 Å². The SMILES string of the molecule is COC(=O)C(C)NC(=O)OC(C)(C)C. The van der Waals surface area contributed by atoms with Gasteiger partial charge in [-0.05, 0) is 27.7 Å². The summed E-state index contributed by atoms with van der Waals surface area (Å²) in [6.07, 6.45) is -0.629. The number of amides is 1. The highest BCUT2D eigenvalue weighted by atomic mass is 16.6. The number of alkyl carbamates (subject to hydrolysis) is 1. The molecule has 0 radical (unpaired) electrons. The normalized spacial score (nSPS) is 12.9. The van der Waals surface area contributed by atoms with Gasteiger partial charge in [-0.15, -0.1) is 0 Å². The van der Waals surface area contributed by atoms with E-state index in [1.54, 1.807) is 20.8 Å². The molecule has 0 aliphatic carbocycles. The van der Waals surface area contributed by atoms with Crippen molar-refractivity contribution in [3.8, 4) is 0 Å². The predicted octanol–water partition coefficient (Wildman–Crippen LogP) is 1.07. The first-order valence-corrected chi connectivity index (χ1v) is 4.33. The van der Waals surface area contributed by atoms with Gasteiger partial charge in [-0.3, -0.25) is 0 Å². The van der Waals surface area contributed by atoms with Gasteiger partial charge >= 0.3 is 12.1 Å². The Kier molecular flexibility index (Phi) is 4.40. The van der Waals surface area contributed by atoms with Crippen LogP contribution in [-0.4, -0.2) is 30.8 Å². The van der Waals surface area contributed by atoms with E-state index in [1.165, 1.54) is 14.0 Å². The van der Waals surface area contributed by atoms with E-state index in [0.717, 1.165) is 0 Å². The van der Waals surface area contributed by atoms with Crippen LogP contribution in [0.4, 0.5) is 4.79 Å². The molecular formula is C9H17NO4. The molecule has 82 valence electrons. The third-order valence-corrected chi connectivity index (χ3v) is 1.29. The van der Waals surface area contributed by atoms with E-state index in [1.807, 2.05) is 0 Å². The van der Waals surface area contributed by atoms with Crippen molar-refractivity contribution >= 4 is 12.1 Å². The van der Waals surface area contributed by atoms with E-state index in [4.69, 9.17) is 4.74 Å². The Hall–Kier alpha value is -1.26. The van der Waals surface area contributed by atoms with Crippen LogP contribution in [0.15, 0.2) is 0 Å². The molecule has 0 rings (SSSR count). The average molecular weight is 203 g/mol. The monoisotopic (exact) mass is 203 g/mol. The van der Waals surface area contributed by atoms with Gasteiger partial charge in [0.05, 0.1) is 7.11 Å². The molecule has 5 nitrogen and oxygen atoms in total. The van der Waals surface area contributed by atoms with Crippen LogP contribution in [-0.2, 0) is 14.3 Å². The van der Waals surface area contributed by atoms with Crippen molar-refractivity contribution in [2.24, 2.45) is 0 Å². The smallest absolute Gasteiger partial charge is 0.408 e. The second-order valence-corrected chi connectivity index (χ2v) is 3.89. The summed E-state index contributed by atoms with van der Waals surface area (Å²) in [5.41, 5.74) is -0.570. The second kappa shape index (κ2) is 4.83. The number of carbonyl (C=O) groups is 2. The zero-order valence-electron chi connectivity index (χ0n) is 9.21. The Morgan fingerprint density at radius 2 is 1.79 bits per heavy atom. The summed E-state index contributed by atoms with van der Waals surface area (Å²) in [5, 5.41) is 2.35. The molecule has 0 aromatic rings. The van der Waals surface area contributed by atoms with E-state index in [9.17, 15) is 9.59 Å². The van der Waals surface area contributed by atoms with Gasteiger partial charge in [-0.2, -0.15) is 0 Å². The fourth-order valence-corrected chi connectivity index (χ4v) is 0.720. The minimum Gasteiger partial charge on any atom is -0.467 e. The van der Waals surface area contributed by atoms with Crippen molar-refractivity contribution in [2.75, 3.05) is 7.11 Å². The Morgan fingerprint density at radius 1 is 1.29 bits per heavy atom. The molecule has 0 bridgehead atoms. The molecule has 0 aliphatic heterocycles. The number of hydrogen-bond acceptors (Lipinski definition) is 4. The van der Waals surface area contributed by atoms with Gasteiger partial charge in [0.1, 0.15) is 11.6 Å². The maximum atomic E-state index is 11.1.